The van der Waals surface area contributed by atoms with E-state index < -0.39 is 0 Å². The van der Waals surface area contributed by atoms with Gasteiger partial charge in [-0.15, -0.1) is 0 Å². The number of fused-ring (bicyclic) bond motifs is 2. The number of carbonyl (C=O) groups excluding carboxylic acids is 2. The van der Waals surface area contributed by atoms with Crippen molar-refractivity contribution in [2.45, 2.75) is 13.3 Å². The third-order valence-electron chi connectivity index (χ3n) is 5.43. The highest BCUT2D eigenvalue weighted by atomic mass is 16.2. The van der Waals surface area contributed by atoms with Crippen molar-refractivity contribution < 1.29 is 9.59 Å². The quantitative estimate of drug-likeness (QED) is 0.347. The Morgan fingerprint density at radius 3 is 2.60 bits per heavy atom. The van der Waals surface area contributed by atoms with Gasteiger partial charge in [0.05, 0.1) is 22.8 Å². The molecule has 4 aromatic heterocycles. The molecule has 1 aliphatic heterocycles. The molecule has 176 valence electrons. The number of amides is 2. The van der Waals surface area contributed by atoms with Gasteiger partial charge < -0.3 is 10.2 Å². The molecule has 0 spiro atoms. The van der Waals surface area contributed by atoms with Crippen LogP contribution in [-0.4, -0.2) is 61.8 Å². The van der Waals surface area contributed by atoms with Gasteiger partial charge in [0.1, 0.15) is 17.2 Å². The lowest BCUT2D eigenvalue weighted by molar-refractivity contribution is -0.115. The first-order chi connectivity index (χ1) is 16.9. The van der Waals surface area contributed by atoms with Crippen molar-refractivity contribution in [2.75, 3.05) is 24.8 Å². The minimum Gasteiger partial charge on any atom is -0.345 e. The maximum absolute atomic E-state index is 12.6. The van der Waals surface area contributed by atoms with Crippen molar-refractivity contribution in [3.63, 3.8) is 0 Å². The van der Waals surface area contributed by atoms with Crippen LogP contribution in [0.4, 0.5) is 17.2 Å². The Morgan fingerprint density at radius 2 is 1.86 bits per heavy atom. The van der Waals surface area contributed by atoms with E-state index in [0.717, 1.165) is 16.5 Å². The van der Waals surface area contributed by atoms with E-state index in [-0.39, 0.29) is 11.8 Å². The molecule has 1 aliphatic rings. The van der Waals surface area contributed by atoms with E-state index in [1.165, 1.54) is 11.1 Å². The Hall–Kier alpha value is -4.87. The zero-order valence-electron chi connectivity index (χ0n) is 19.2. The molecule has 35 heavy (non-hydrogen) atoms. The van der Waals surface area contributed by atoms with E-state index in [2.05, 4.69) is 41.3 Å². The molecule has 0 bridgehead atoms. The van der Waals surface area contributed by atoms with E-state index in [9.17, 15) is 9.59 Å². The molecule has 0 radical (unpaired) electrons. The molecule has 4 aromatic rings. The molecule has 2 amide bonds. The van der Waals surface area contributed by atoms with Crippen molar-refractivity contribution in [1.29, 1.82) is 0 Å². The molecule has 5 heterocycles. The fourth-order valence-corrected chi connectivity index (χ4v) is 3.56. The second-order valence-electron chi connectivity index (χ2n) is 8.02. The monoisotopic (exact) mass is 470 g/mol. The molecular weight excluding hydrogens is 448 g/mol. The standard InChI is InChI=1S/C23H22N10O2/c1-4-18(34)27-17-6-5-12(8-25-17)13-7-14-20(30-31-21(14)26-9-13)22-28-19-15(23(35)33(2)3)10-24-11-16(19)29-32-22/h5-11,29H,4H2,1-3H3,(H,28,32)(H,25,27,34)(H,26,30,31). The summed E-state index contributed by atoms with van der Waals surface area (Å²) in [5.74, 6) is 0.639. The Labute approximate surface area is 199 Å². The Kier molecular flexibility index (Phi) is 5.53. The maximum Gasteiger partial charge on any atom is 0.257 e. The smallest absolute Gasteiger partial charge is 0.257 e. The van der Waals surface area contributed by atoms with E-state index >= 15 is 0 Å². The van der Waals surface area contributed by atoms with E-state index in [0.29, 0.717) is 46.4 Å². The molecule has 5 rings (SSSR count). The Morgan fingerprint density at radius 1 is 1.03 bits per heavy atom. The first-order valence-electron chi connectivity index (χ1n) is 10.9. The molecule has 0 saturated carbocycles. The van der Waals surface area contributed by atoms with Crippen LogP contribution in [0.15, 0.2) is 48.0 Å². The molecule has 0 saturated heterocycles. The van der Waals surface area contributed by atoms with Crippen molar-refractivity contribution >= 4 is 45.9 Å². The van der Waals surface area contributed by atoms with E-state index in [1.807, 2.05) is 12.1 Å². The van der Waals surface area contributed by atoms with Crippen molar-refractivity contribution in [2.24, 2.45) is 4.99 Å². The largest absolute Gasteiger partial charge is 0.345 e. The molecule has 12 heteroatoms. The van der Waals surface area contributed by atoms with Gasteiger partial charge in [-0.2, -0.15) is 5.10 Å². The number of anilines is 2. The van der Waals surface area contributed by atoms with Crippen LogP contribution in [0.25, 0.3) is 22.2 Å². The van der Waals surface area contributed by atoms with Crippen LogP contribution in [-0.2, 0) is 4.79 Å². The van der Waals surface area contributed by atoms with Gasteiger partial charge in [-0.3, -0.25) is 30.5 Å². The van der Waals surface area contributed by atoms with E-state index in [4.69, 9.17) is 4.99 Å². The zero-order chi connectivity index (χ0) is 24.5. The summed E-state index contributed by atoms with van der Waals surface area (Å²) in [4.78, 5) is 43.3. The Balaban J connectivity index is 1.52. The zero-order valence-corrected chi connectivity index (χ0v) is 19.2. The summed E-state index contributed by atoms with van der Waals surface area (Å²) < 4.78 is 0. The molecule has 0 atom stereocenters. The number of amidine groups is 1. The maximum atomic E-state index is 12.6. The summed E-state index contributed by atoms with van der Waals surface area (Å²) in [6.07, 6.45) is 6.86. The fraction of sp³-hybridized carbons (Fsp3) is 0.174. The summed E-state index contributed by atoms with van der Waals surface area (Å²) in [6.45, 7) is 1.78. The van der Waals surface area contributed by atoms with Gasteiger partial charge in [0.25, 0.3) is 5.91 Å². The number of aromatic amines is 1. The summed E-state index contributed by atoms with van der Waals surface area (Å²) >= 11 is 0. The van der Waals surface area contributed by atoms with Crippen LogP contribution < -0.4 is 16.2 Å². The first-order valence-corrected chi connectivity index (χ1v) is 10.9. The Bertz CT molecular complexity index is 1470. The minimum atomic E-state index is -0.203. The second-order valence-corrected chi connectivity index (χ2v) is 8.02. The van der Waals surface area contributed by atoms with Gasteiger partial charge in [0.2, 0.25) is 5.91 Å². The van der Waals surface area contributed by atoms with Gasteiger partial charge in [-0.1, -0.05) is 6.92 Å². The van der Waals surface area contributed by atoms with Crippen LogP contribution in [0, 0.1) is 0 Å². The highest BCUT2D eigenvalue weighted by molar-refractivity contribution is 6.12. The fourth-order valence-electron chi connectivity index (χ4n) is 3.56. The number of aromatic nitrogens is 5. The number of H-pyrrole nitrogens is 1. The van der Waals surface area contributed by atoms with Crippen molar-refractivity contribution in [1.82, 2.24) is 35.5 Å². The van der Waals surface area contributed by atoms with Crippen LogP contribution in [0.3, 0.4) is 0 Å². The number of nitrogens with zero attached hydrogens (tertiary/aromatic N) is 6. The van der Waals surface area contributed by atoms with Crippen LogP contribution in [0.2, 0.25) is 0 Å². The third-order valence-corrected chi connectivity index (χ3v) is 5.43. The topological polar surface area (TPSA) is 153 Å². The normalized spacial score (nSPS) is 12.3. The number of rotatable bonds is 5. The van der Waals surface area contributed by atoms with Crippen LogP contribution in [0.5, 0.6) is 0 Å². The summed E-state index contributed by atoms with van der Waals surface area (Å²) in [5.41, 5.74) is 10.3. The number of hydrogen-bond donors (Lipinski definition) is 4. The lowest BCUT2D eigenvalue weighted by Gasteiger charge is -2.21. The molecular formula is C23H22N10O2. The minimum absolute atomic E-state index is 0.0986. The van der Waals surface area contributed by atoms with Gasteiger partial charge in [-0.25, -0.2) is 15.0 Å². The molecule has 4 N–H and O–H groups in total. The molecule has 0 aromatic carbocycles. The highest BCUT2D eigenvalue weighted by Crippen LogP contribution is 2.32. The predicted molar refractivity (Wildman–Crippen MR) is 131 cm³/mol. The number of aliphatic imine (C=N–C) groups is 1. The number of nitrogens with one attached hydrogen (secondary N) is 4. The number of pyridine rings is 3. The third kappa shape index (κ3) is 4.12. The second kappa shape index (κ2) is 8.82. The molecule has 0 unspecified atom stereocenters. The lowest BCUT2D eigenvalue weighted by atomic mass is 10.1. The van der Waals surface area contributed by atoms with Gasteiger partial charge in [0, 0.05) is 50.2 Å². The predicted octanol–water partition coefficient (Wildman–Crippen LogP) is 2.47. The van der Waals surface area contributed by atoms with E-state index in [1.54, 1.807) is 45.7 Å². The van der Waals surface area contributed by atoms with Gasteiger partial charge >= 0.3 is 0 Å². The number of hydrogen-bond acceptors (Lipinski definition) is 9. The average Bonchev–Trinajstić information content (AvgIpc) is 3.31. The van der Waals surface area contributed by atoms with Crippen LogP contribution >= 0.6 is 0 Å². The first kappa shape index (κ1) is 21.9. The number of carbonyl (C=O) groups is 2. The summed E-state index contributed by atoms with van der Waals surface area (Å²) in [7, 11) is 3.35. The van der Waals surface area contributed by atoms with Gasteiger partial charge in [-0.05, 0) is 18.2 Å². The lowest BCUT2D eigenvalue weighted by Crippen LogP contribution is -2.34. The molecule has 0 fully saturated rings. The molecule has 0 aliphatic carbocycles. The van der Waals surface area contributed by atoms with Crippen LogP contribution in [0.1, 0.15) is 29.4 Å². The summed E-state index contributed by atoms with van der Waals surface area (Å²) in [5, 5.41) is 10.7. The average molecular weight is 470 g/mol. The van der Waals surface area contributed by atoms with Gasteiger partial charge in [0.15, 0.2) is 11.5 Å². The summed E-state index contributed by atoms with van der Waals surface area (Å²) in [6, 6.07) is 5.54. The number of hydrazine groups is 1. The van der Waals surface area contributed by atoms with Crippen molar-refractivity contribution in [3.8, 4) is 11.1 Å². The highest BCUT2D eigenvalue weighted by Gasteiger charge is 2.23. The molecule has 12 nitrogen and oxygen atoms in total. The SMILES string of the molecule is CCC(=O)Nc1ccc(-c2cnc3n[nH]c(C4=Nc5c(cncc5C(=O)N(C)C)NN4)c3c2)cn1. The van der Waals surface area contributed by atoms with Crippen molar-refractivity contribution in [3.05, 3.63) is 54.2 Å².